The van der Waals surface area contributed by atoms with Gasteiger partial charge in [-0.25, -0.2) is 0 Å². The molecule has 0 aromatic carbocycles. The van der Waals surface area contributed by atoms with Crippen molar-refractivity contribution in [3.8, 4) is 0 Å². The van der Waals surface area contributed by atoms with E-state index in [4.69, 9.17) is 10.5 Å². The summed E-state index contributed by atoms with van der Waals surface area (Å²) in [5.41, 5.74) is 7.69. The van der Waals surface area contributed by atoms with Gasteiger partial charge in [-0.3, -0.25) is 4.98 Å². The molecule has 1 saturated heterocycles. The summed E-state index contributed by atoms with van der Waals surface area (Å²) in [6, 6.07) is 4.28. The van der Waals surface area contributed by atoms with Crippen LogP contribution in [0.25, 0.3) is 0 Å². The largest absolute Gasteiger partial charge is 0.378 e. The number of nitrogens with two attached hydrogens (primary N) is 1. The highest BCUT2D eigenvalue weighted by atomic mass is 16.5. The molecule has 0 amide bonds. The fourth-order valence-corrected chi connectivity index (χ4v) is 2.79. The lowest BCUT2D eigenvalue weighted by Gasteiger charge is -2.29. The van der Waals surface area contributed by atoms with Crippen molar-refractivity contribution >= 4 is 0 Å². The Kier molecular flexibility index (Phi) is 4.13. The van der Waals surface area contributed by atoms with Crippen LogP contribution in [-0.4, -0.2) is 23.7 Å². The first kappa shape index (κ1) is 12.5. The Morgan fingerprint density at radius 3 is 2.82 bits per heavy atom. The van der Waals surface area contributed by atoms with E-state index in [1.807, 2.05) is 12.4 Å². The molecule has 4 atom stereocenters. The molecule has 2 heterocycles. The molecular formula is C14H22N2O. The highest BCUT2D eigenvalue weighted by Gasteiger charge is 2.34. The molecule has 17 heavy (non-hydrogen) atoms. The van der Waals surface area contributed by atoms with Gasteiger partial charge in [-0.15, -0.1) is 0 Å². The van der Waals surface area contributed by atoms with Crippen LogP contribution in [0.15, 0.2) is 24.5 Å². The monoisotopic (exact) mass is 234 g/mol. The van der Waals surface area contributed by atoms with Crippen LogP contribution in [0.3, 0.4) is 0 Å². The molecule has 4 unspecified atom stereocenters. The van der Waals surface area contributed by atoms with Gasteiger partial charge >= 0.3 is 0 Å². The van der Waals surface area contributed by atoms with Crippen molar-refractivity contribution in [1.29, 1.82) is 0 Å². The van der Waals surface area contributed by atoms with Crippen molar-refractivity contribution < 1.29 is 4.74 Å². The van der Waals surface area contributed by atoms with Gasteiger partial charge in [0.2, 0.25) is 0 Å². The van der Waals surface area contributed by atoms with E-state index in [0.717, 1.165) is 19.4 Å². The zero-order valence-electron chi connectivity index (χ0n) is 10.7. The molecule has 94 valence electrons. The summed E-state index contributed by atoms with van der Waals surface area (Å²) in [6.07, 6.45) is 6.16. The Morgan fingerprint density at radius 1 is 1.47 bits per heavy atom. The van der Waals surface area contributed by atoms with Gasteiger partial charge in [-0.2, -0.15) is 0 Å². The van der Waals surface area contributed by atoms with Gasteiger partial charge in [-0.1, -0.05) is 13.8 Å². The van der Waals surface area contributed by atoms with E-state index in [1.54, 1.807) is 0 Å². The minimum atomic E-state index is 0.171. The number of hydrogen-bond donors (Lipinski definition) is 1. The van der Waals surface area contributed by atoms with Crippen molar-refractivity contribution in [3.63, 3.8) is 0 Å². The minimum Gasteiger partial charge on any atom is -0.378 e. The van der Waals surface area contributed by atoms with Crippen molar-refractivity contribution in [3.05, 3.63) is 30.1 Å². The van der Waals surface area contributed by atoms with E-state index in [0.29, 0.717) is 17.9 Å². The average molecular weight is 234 g/mol. The van der Waals surface area contributed by atoms with Gasteiger partial charge in [0, 0.05) is 31.0 Å². The maximum absolute atomic E-state index is 6.42. The standard InChI is InChI=1S/C14H22N2O/c1-3-13-12(6-9-17-13)14(15)10(2)11-4-7-16-8-5-11/h4-5,7-8,10,12-14H,3,6,9,15H2,1-2H3. The smallest absolute Gasteiger partial charge is 0.0616 e. The zero-order chi connectivity index (χ0) is 12.3. The highest BCUT2D eigenvalue weighted by molar-refractivity contribution is 5.17. The van der Waals surface area contributed by atoms with Crippen molar-refractivity contribution in [2.24, 2.45) is 11.7 Å². The predicted octanol–water partition coefficient (Wildman–Crippen LogP) is 2.33. The second-order valence-electron chi connectivity index (χ2n) is 4.92. The Bertz CT molecular complexity index is 341. The summed E-state index contributed by atoms with van der Waals surface area (Å²) >= 11 is 0. The molecule has 1 fully saturated rings. The summed E-state index contributed by atoms with van der Waals surface area (Å²) in [5, 5.41) is 0. The van der Waals surface area contributed by atoms with Gasteiger partial charge in [0.25, 0.3) is 0 Å². The lowest BCUT2D eigenvalue weighted by atomic mass is 9.82. The molecule has 0 spiro atoms. The number of hydrogen-bond acceptors (Lipinski definition) is 3. The quantitative estimate of drug-likeness (QED) is 0.869. The zero-order valence-corrected chi connectivity index (χ0v) is 10.7. The molecule has 0 bridgehead atoms. The topological polar surface area (TPSA) is 48.1 Å². The van der Waals surface area contributed by atoms with Crippen LogP contribution in [0.2, 0.25) is 0 Å². The maximum Gasteiger partial charge on any atom is 0.0616 e. The number of aromatic nitrogens is 1. The van der Waals surface area contributed by atoms with Gasteiger partial charge in [0.1, 0.15) is 0 Å². The fraction of sp³-hybridized carbons (Fsp3) is 0.643. The molecule has 0 saturated carbocycles. The molecule has 2 N–H and O–H groups in total. The Labute approximate surface area is 103 Å². The van der Waals surface area contributed by atoms with E-state index in [9.17, 15) is 0 Å². The number of nitrogens with zero attached hydrogens (tertiary/aromatic N) is 1. The third-order valence-corrected chi connectivity index (χ3v) is 3.97. The SMILES string of the molecule is CCC1OCCC1C(N)C(C)c1ccncc1. The normalized spacial score (nSPS) is 27.9. The second-order valence-corrected chi connectivity index (χ2v) is 4.92. The van der Waals surface area contributed by atoms with Crippen LogP contribution in [0.1, 0.15) is 38.2 Å². The number of pyridine rings is 1. The van der Waals surface area contributed by atoms with E-state index in [2.05, 4.69) is 31.0 Å². The average Bonchev–Trinajstić information content (AvgIpc) is 2.86. The lowest BCUT2D eigenvalue weighted by molar-refractivity contribution is 0.0793. The van der Waals surface area contributed by atoms with Crippen molar-refractivity contribution in [1.82, 2.24) is 4.98 Å². The van der Waals surface area contributed by atoms with Crippen molar-refractivity contribution in [2.75, 3.05) is 6.61 Å². The number of rotatable bonds is 4. The first-order valence-electron chi connectivity index (χ1n) is 6.51. The van der Waals surface area contributed by atoms with Crippen LogP contribution in [0, 0.1) is 5.92 Å². The first-order chi connectivity index (χ1) is 8.24. The summed E-state index contributed by atoms with van der Waals surface area (Å²) in [7, 11) is 0. The molecule has 0 radical (unpaired) electrons. The Balaban J connectivity index is 2.07. The highest BCUT2D eigenvalue weighted by Crippen LogP contribution is 2.32. The van der Waals surface area contributed by atoms with Crippen LogP contribution < -0.4 is 5.73 Å². The van der Waals surface area contributed by atoms with Crippen LogP contribution in [-0.2, 0) is 4.74 Å². The Hall–Kier alpha value is -0.930. The summed E-state index contributed by atoms with van der Waals surface area (Å²) < 4.78 is 5.73. The predicted molar refractivity (Wildman–Crippen MR) is 68.8 cm³/mol. The van der Waals surface area contributed by atoms with E-state index < -0.39 is 0 Å². The van der Waals surface area contributed by atoms with Gasteiger partial charge in [-0.05, 0) is 36.5 Å². The minimum absolute atomic E-state index is 0.171. The molecule has 1 aliphatic heterocycles. The van der Waals surface area contributed by atoms with Crippen LogP contribution >= 0.6 is 0 Å². The van der Waals surface area contributed by atoms with Gasteiger partial charge in [0.15, 0.2) is 0 Å². The molecule has 1 aliphatic rings. The van der Waals surface area contributed by atoms with Crippen molar-refractivity contribution in [2.45, 2.75) is 44.8 Å². The van der Waals surface area contributed by atoms with E-state index in [1.165, 1.54) is 5.56 Å². The Morgan fingerprint density at radius 2 is 2.18 bits per heavy atom. The molecule has 3 nitrogen and oxygen atoms in total. The van der Waals surface area contributed by atoms with Gasteiger partial charge in [0.05, 0.1) is 6.10 Å². The lowest BCUT2D eigenvalue weighted by Crippen LogP contribution is -2.39. The second kappa shape index (κ2) is 5.61. The molecule has 0 aliphatic carbocycles. The molecule has 1 aromatic rings. The third-order valence-electron chi connectivity index (χ3n) is 3.97. The summed E-state index contributed by atoms with van der Waals surface area (Å²) in [6.45, 7) is 5.23. The number of ether oxygens (including phenoxy) is 1. The van der Waals surface area contributed by atoms with Crippen LogP contribution in [0.5, 0.6) is 0 Å². The van der Waals surface area contributed by atoms with Crippen LogP contribution in [0.4, 0.5) is 0 Å². The summed E-state index contributed by atoms with van der Waals surface area (Å²) in [4.78, 5) is 4.05. The van der Waals surface area contributed by atoms with Gasteiger partial charge < -0.3 is 10.5 Å². The third kappa shape index (κ3) is 2.67. The first-order valence-corrected chi connectivity index (χ1v) is 6.51. The molecule has 2 rings (SSSR count). The molecule has 1 aromatic heterocycles. The van der Waals surface area contributed by atoms with E-state index >= 15 is 0 Å². The van der Waals surface area contributed by atoms with E-state index in [-0.39, 0.29) is 6.04 Å². The fourth-order valence-electron chi connectivity index (χ4n) is 2.79. The molecular weight excluding hydrogens is 212 g/mol. The summed E-state index contributed by atoms with van der Waals surface area (Å²) in [5.74, 6) is 0.849. The maximum atomic E-state index is 6.42. The molecule has 3 heteroatoms.